The smallest absolute Gasteiger partial charge is 0.119 e. The minimum absolute atomic E-state index is 0.294. The third-order valence-electron chi connectivity index (χ3n) is 5.79. The van der Waals surface area contributed by atoms with Gasteiger partial charge >= 0.3 is 0 Å². The zero-order valence-electron chi connectivity index (χ0n) is 15.4. The van der Waals surface area contributed by atoms with Gasteiger partial charge in [-0.3, -0.25) is 9.88 Å². The molecule has 1 N–H and O–H groups in total. The third-order valence-corrected chi connectivity index (χ3v) is 5.79. The first kappa shape index (κ1) is 17.5. The summed E-state index contributed by atoms with van der Waals surface area (Å²) in [6, 6.07) is 10.2. The summed E-state index contributed by atoms with van der Waals surface area (Å²) in [5, 5.41) is 10.8. The van der Waals surface area contributed by atoms with Gasteiger partial charge in [0.1, 0.15) is 11.4 Å². The fourth-order valence-electron chi connectivity index (χ4n) is 4.25. The molecule has 138 valence electrons. The molecule has 0 unspecified atom stereocenters. The number of aliphatic hydroxyl groups is 1. The van der Waals surface area contributed by atoms with Crippen LogP contribution in [0.25, 0.3) is 0 Å². The van der Waals surface area contributed by atoms with Gasteiger partial charge in [-0.05, 0) is 48.2 Å². The summed E-state index contributed by atoms with van der Waals surface area (Å²) >= 11 is 0. The van der Waals surface area contributed by atoms with Crippen LogP contribution in [0.1, 0.15) is 29.0 Å². The molecule has 0 amide bonds. The number of nitrogens with zero attached hydrogens (tertiary/aromatic N) is 2. The van der Waals surface area contributed by atoms with Crippen molar-refractivity contribution in [2.45, 2.75) is 37.5 Å². The van der Waals surface area contributed by atoms with Gasteiger partial charge < -0.3 is 14.6 Å². The lowest BCUT2D eigenvalue weighted by molar-refractivity contribution is -0.0594. The van der Waals surface area contributed by atoms with Crippen molar-refractivity contribution in [3.05, 3.63) is 59.4 Å². The van der Waals surface area contributed by atoms with Crippen LogP contribution in [0.3, 0.4) is 0 Å². The Labute approximate surface area is 154 Å². The molecule has 4 rings (SSSR count). The molecule has 1 spiro atoms. The average Bonchev–Trinajstić information content (AvgIpc) is 3.21. The molecule has 2 aromatic rings. The Balaban J connectivity index is 1.47. The van der Waals surface area contributed by atoms with Gasteiger partial charge in [-0.25, -0.2) is 0 Å². The van der Waals surface area contributed by atoms with E-state index in [1.807, 2.05) is 24.5 Å². The van der Waals surface area contributed by atoms with Gasteiger partial charge in [-0.1, -0.05) is 12.1 Å². The van der Waals surface area contributed by atoms with E-state index in [2.05, 4.69) is 35.0 Å². The monoisotopic (exact) mass is 354 g/mol. The highest BCUT2D eigenvalue weighted by Crippen LogP contribution is 2.43. The lowest BCUT2D eigenvalue weighted by atomic mass is 9.87. The van der Waals surface area contributed by atoms with Crippen molar-refractivity contribution in [1.82, 2.24) is 9.88 Å². The Morgan fingerprint density at radius 1 is 1.38 bits per heavy atom. The van der Waals surface area contributed by atoms with Crippen LogP contribution in [0.2, 0.25) is 0 Å². The van der Waals surface area contributed by atoms with Crippen molar-refractivity contribution in [2.24, 2.45) is 0 Å². The van der Waals surface area contributed by atoms with Crippen LogP contribution in [-0.4, -0.2) is 53.5 Å². The van der Waals surface area contributed by atoms with E-state index in [-0.39, 0.29) is 0 Å². The SMILES string of the molecule is COc1cccc([C@@H]2CO[C@]3(C2)CN(Cc2ccncc2C)C[C@H]3O)c1. The van der Waals surface area contributed by atoms with Crippen LogP contribution < -0.4 is 4.74 Å². The number of pyridine rings is 1. The zero-order valence-corrected chi connectivity index (χ0v) is 15.4. The number of aryl methyl sites for hydroxylation is 1. The predicted molar refractivity (Wildman–Crippen MR) is 99.3 cm³/mol. The first-order valence-electron chi connectivity index (χ1n) is 9.17. The van der Waals surface area contributed by atoms with Crippen molar-refractivity contribution in [2.75, 3.05) is 26.8 Å². The second-order valence-electron chi connectivity index (χ2n) is 7.54. The van der Waals surface area contributed by atoms with E-state index in [0.29, 0.717) is 19.1 Å². The molecule has 3 heterocycles. The fraction of sp³-hybridized carbons (Fsp3) is 0.476. The first-order chi connectivity index (χ1) is 12.6. The number of ether oxygens (including phenoxy) is 2. The minimum atomic E-state index is -0.464. The molecule has 1 aromatic heterocycles. The predicted octanol–water partition coefficient (Wildman–Crippen LogP) is 2.52. The molecule has 2 aliphatic rings. The van der Waals surface area contributed by atoms with Crippen LogP contribution in [0.5, 0.6) is 5.75 Å². The Bertz CT molecular complexity index is 781. The lowest BCUT2D eigenvalue weighted by Crippen LogP contribution is -2.41. The van der Waals surface area contributed by atoms with Gasteiger partial charge in [-0.15, -0.1) is 0 Å². The molecule has 0 radical (unpaired) electrons. The number of likely N-dealkylation sites (tertiary alicyclic amines) is 1. The molecule has 1 aromatic carbocycles. The quantitative estimate of drug-likeness (QED) is 0.914. The second-order valence-corrected chi connectivity index (χ2v) is 7.54. The van der Waals surface area contributed by atoms with E-state index in [0.717, 1.165) is 25.3 Å². The van der Waals surface area contributed by atoms with Gasteiger partial charge in [0.05, 0.1) is 19.8 Å². The Hall–Kier alpha value is -1.95. The number of hydrogen-bond donors (Lipinski definition) is 1. The van der Waals surface area contributed by atoms with E-state index >= 15 is 0 Å². The van der Waals surface area contributed by atoms with E-state index in [9.17, 15) is 5.11 Å². The molecule has 2 saturated heterocycles. The number of rotatable bonds is 4. The highest BCUT2D eigenvalue weighted by Gasteiger charge is 2.52. The minimum Gasteiger partial charge on any atom is -0.497 e. The molecule has 0 saturated carbocycles. The normalized spacial score (nSPS) is 28.7. The van der Waals surface area contributed by atoms with Crippen molar-refractivity contribution in [3.8, 4) is 5.75 Å². The Kier molecular flexibility index (Phi) is 4.69. The maximum Gasteiger partial charge on any atom is 0.119 e. The number of aromatic nitrogens is 1. The van der Waals surface area contributed by atoms with Gasteiger partial charge in [0.25, 0.3) is 0 Å². The van der Waals surface area contributed by atoms with Crippen molar-refractivity contribution in [3.63, 3.8) is 0 Å². The number of benzene rings is 1. The van der Waals surface area contributed by atoms with Gasteiger partial charge in [-0.2, -0.15) is 0 Å². The summed E-state index contributed by atoms with van der Waals surface area (Å²) in [5.74, 6) is 1.16. The number of hydrogen-bond acceptors (Lipinski definition) is 5. The summed E-state index contributed by atoms with van der Waals surface area (Å²) in [7, 11) is 1.69. The largest absolute Gasteiger partial charge is 0.497 e. The maximum atomic E-state index is 10.8. The summed E-state index contributed by atoms with van der Waals surface area (Å²) in [6.45, 7) is 4.95. The third kappa shape index (κ3) is 3.22. The van der Waals surface area contributed by atoms with E-state index < -0.39 is 11.7 Å². The zero-order chi connectivity index (χ0) is 18.1. The molecule has 26 heavy (non-hydrogen) atoms. The molecule has 0 bridgehead atoms. The van der Waals surface area contributed by atoms with Gasteiger partial charge in [0.2, 0.25) is 0 Å². The van der Waals surface area contributed by atoms with Crippen LogP contribution in [0, 0.1) is 6.92 Å². The fourth-order valence-corrected chi connectivity index (χ4v) is 4.25. The van der Waals surface area contributed by atoms with Crippen molar-refractivity contribution >= 4 is 0 Å². The molecule has 5 heteroatoms. The standard InChI is InChI=1S/C21H26N2O3/c1-15-10-22-7-6-17(15)11-23-12-20(24)21(14-23)9-18(13-26-21)16-4-3-5-19(8-16)25-2/h3-8,10,18,20,24H,9,11-14H2,1-2H3/t18-,20+,21+/m0/s1. The number of aliphatic hydroxyl groups excluding tert-OH is 1. The van der Waals surface area contributed by atoms with E-state index in [1.165, 1.54) is 16.7 Å². The summed E-state index contributed by atoms with van der Waals surface area (Å²) in [4.78, 5) is 6.45. The van der Waals surface area contributed by atoms with E-state index in [1.54, 1.807) is 7.11 Å². The molecule has 3 atom stereocenters. The number of β-amino-alcohol motifs (C(OH)–C–C–N with tert-alkyl or cyclic N) is 1. The molecule has 0 aliphatic carbocycles. The molecule has 2 aliphatic heterocycles. The average molecular weight is 354 g/mol. The van der Waals surface area contributed by atoms with Crippen LogP contribution in [-0.2, 0) is 11.3 Å². The number of methoxy groups -OCH3 is 1. The highest BCUT2D eigenvalue weighted by atomic mass is 16.5. The molecular weight excluding hydrogens is 328 g/mol. The Morgan fingerprint density at radius 3 is 3.08 bits per heavy atom. The summed E-state index contributed by atoms with van der Waals surface area (Å²) in [6.07, 6.45) is 4.10. The lowest BCUT2D eigenvalue weighted by Gasteiger charge is -2.26. The molecule has 5 nitrogen and oxygen atoms in total. The molecule has 2 fully saturated rings. The van der Waals surface area contributed by atoms with Crippen LogP contribution >= 0.6 is 0 Å². The Morgan fingerprint density at radius 2 is 2.27 bits per heavy atom. The highest BCUT2D eigenvalue weighted by molar-refractivity contribution is 5.32. The van der Waals surface area contributed by atoms with Crippen LogP contribution in [0.4, 0.5) is 0 Å². The molecular formula is C21H26N2O3. The first-order valence-corrected chi connectivity index (χ1v) is 9.17. The summed E-state index contributed by atoms with van der Waals surface area (Å²) < 4.78 is 11.6. The topological polar surface area (TPSA) is 54.8 Å². The van der Waals surface area contributed by atoms with Crippen molar-refractivity contribution < 1.29 is 14.6 Å². The van der Waals surface area contributed by atoms with E-state index in [4.69, 9.17) is 9.47 Å². The second kappa shape index (κ2) is 6.99. The van der Waals surface area contributed by atoms with Gasteiger partial charge in [0.15, 0.2) is 0 Å². The van der Waals surface area contributed by atoms with Crippen LogP contribution in [0.15, 0.2) is 42.7 Å². The van der Waals surface area contributed by atoms with Gasteiger partial charge in [0, 0.05) is 37.9 Å². The maximum absolute atomic E-state index is 10.8. The van der Waals surface area contributed by atoms with Crippen molar-refractivity contribution in [1.29, 1.82) is 0 Å². The summed E-state index contributed by atoms with van der Waals surface area (Å²) in [5.41, 5.74) is 3.20.